The summed E-state index contributed by atoms with van der Waals surface area (Å²) in [4.78, 5) is 13.1. The molecule has 0 aliphatic heterocycles. The number of hydrogen-bond acceptors (Lipinski definition) is 4. The van der Waals surface area contributed by atoms with E-state index in [2.05, 4.69) is 102 Å². The zero-order chi connectivity index (χ0) is 29.7. The van der Waals surface area contributed by atoms with E-state index < -0.39 is 11.5 Å². The molecule has 0 spiro atoms. The predicted octanol–water partition coefficient (Wildman–Crippen LogP) is 8.83. The van der Waals surface area contributed by atoms with Gasteiger partial charge in [0.05, 0.1) is 23.6 Å². The zero-order valence-corrected chi connectivity index (χ0v) is 26.2. The number of hydrogen-bond donors (Lipinski definition) is 1. The molecule has 0 saturated carbocycles. The Morgan fingerprint density at radius 2 is 1.60 bits per heavy atom. The highest BCUT2D eigenvalue weighted by Gasteiger charge is 2.47. The summed E-state index contributed by atoms with van der Waals surface area (Å²) in [5.41, 5.74) is 2.76. The average molecular weight is 550 g/mol. The van der Waals surface area contributed by atoms with Crippen molar-refractivity contribution in [1.29, 1.82) is 0 Å². The fourth-order valence-electron chi connectivity index (χ4n) is 5.46. The molecule has 5 nitrogen and oxygen atoms in total. The van der Waals surface area contributed by atoms with Gasteiger partial charge in [-0.2, -0.15) is 0 Å². The van der Waals surface area contributed by atoms with Gasteiger partial charge in [0.25, 0.3) is 0 Å². The first-order valence-electron chi connectivity index (χ1n) is 14.8. The van der Waals surface area contributed by atoms with Crippen LogP contribution in [0.5, 0.6) is 5.75 Å². The first kappa shape index (κ1) is 31.7. The lowest BCUT2D eigenvalue weighted by atomic mass is 9.61. The number of aliphatic hydroxyl groups is 1. The normalized spacial score (nSPS) is 14.8. The number of ether oxygens (including phenoxy) is 2. The van der Waals surface area contributed by atoms with Crippen LogP contribution < -0.4 is 4.74 Å². The van der Waals surface area contributed by atoms with E-state index in [-0.39, 0.29) is 29.4 Å². The van der Waals surface area contributed by atoms with Crippen molar-refractivity contribution < 1.29 is 19.4 Å². The molecule has 2 atom stereocenters. The Labute approximate surface area is 241 Å². The molecule has 0 aliphatic rings. The van der Waals surface area contributed by atoms with Gasteiger partial charge in [-0.05, 0) is 81.0 Å². The minimum atomic E-state index is -0.580. The number of aromatic nitrogens is 1. The monoisotopic (exact) mass is 549 g/mol. The highest BCUT2D eigenvalue weighted by Crippen LogP contribution is 2.47. The van der Waals surface area contributed by atoms with Gasteiger partial charge in [-0.15, -0.1) is 0 Å². The molecule has 0 saturated heterocycles. The maximum Gasteiger partial charge on any atom is 0.312 e. The van der Waals surface area contributed by atoms with Crippen LogP contribution in [0.1, 0.15) is 94.0 Å². The van der Waals surface area contributed by atoms with E-state index in [9.17, 15) is 9.90 Å². The summed E-state index contributed by atoms with van der Waals surface area (Å²) < 4.78 is 14.1. The topological polar surface area (TPSA) is 60.7 Å². The molecule has 1 N–H and O–H groups in total. The number of benzene rings is 2. The van der Waals surface area contributed by atoms with Crippen LogP contribution in [0.4, 0.5) is 0 Å². The second-order valence-electron chi connectivity index (χ2n) is 14.0. The van der Waals surface area contributed by atoms with Crippen LogP contribution in [0.3, 0.4) is 0 Å². The van der Waals surface area contributed by atoms with Crippen molar-refractivity contribution >= 4 is 16.9 Å². The van der Waals surface area contributed by atoms with Crippen LogP contribution in [0, 0.1) is 16.2 Å². The highest BCUT2D eigenvalue weighted by molar-refractivity contribution is 5.88. The minimum Gasteiger partial charge on any atom is -0.491 e. The van der Waals surface area contributed by atoms with Crippen molar-refractivity contribution in [3.8, 4) is 17.0 Å². The number of rotatable bonds is 12. The molecule has 2 aromatic carbocycles. The highest BCUT2D eigenvalue weighted by atomic mass is 16.5. The van der Waals surface area contributed by atoms with Crippen molar-refractivity contribution in [2.75, 3.05) is 13.2 Å². The molecule has 3 rings (SSSR count). The first-order valence-corrected chi connectivity index (χ1v) is 14.8. The largest absolute Gasteiger partial charge is 0.491 e. The van der Waals surface area contributed by atoms with Gasteiger partial charge in [-0.3, -0.25) is 4.79 Å². The fourth-order valence-corrected chi connectivity index (χ4v) is 5.46. The molecule has 5 heteroatoms. The lowest BCUT2D eigenvalue weighted by Gasteiger charge is -2.43. The van der Waals surface area contributed by atoms with Crippen molar-refractivity contribution in [2.45, 2.75) is 100 Å². The number of aliphatic hydroxyl groups excluding tert-OH is 1. The van der Waals surface area contributed by atoms with Gasteiger partial charge >= 0.3 is 5.97 Å². The number of carbonyl (C=O) groups is 1. The summed E-state index contributed by atoms with van der Waals surface area (Å²) >= 11 is 0. The third-order valence-electron chi connectivity index (χ3n) is 8.00. The smallest absolute Gasteiger partial charge is 0.312 e. The van der Waals surface area contributed by atoms with Gasteiger partial charge < -0.3 is 19.1 Å². The fraction of sp³-hybridized carbons (Fsp3) is 0.571. The van der Waals surface area contributed by atoms with Gasteiger partial charge in [0.1, 0.15) is 12.4 Å². The van der Waals surface area contributed by atoms with Crippen LogP contribution in [-0.4, -0.2) is 35.0 Å². The standard InChI is InChI=1S/C35H51NO4/c1-25(2)36-30(26-15-11-10-12-16-26)21-27-18-19-29(22-31(27)36)40-23-28(37)17-13-14-20-39-32(38)35(9,34(6,7)8)24-33(3,4)5/h10-12,15-16,18-19,21-22,25,28,37H,13-14,17,20,23-24H2,1-9H3. The van der Waals surface area contributed by atoms with Crippen LogP contribution in [-0.2, 0) is 9.53 Å². The van der Waals surface area contributed by atoms with Crippen molar-refractivity contribution in [3.05, 3.63) is 54.6 Å². The van der Waals surface area contributed by atoms with Crippen LogP contribution in [0.15, 0.2) is 54.6 Å². The molecule has 0 bridgehead atoms. The molecule has 0 radical (unpaired) electrons. The number of carbonyl (C=O) groups excluding carboxylic acids is 1. The Hall–Kier alpha value is -2.79. The Balaban J connectivity index is 1.51. The van der Waals surface area contributed by atoms with Crippen molar-refractivity contribution in [3.63, 3.8) is 0 Å². The van der Waals surface area contributed by atoms with Crippen LogP contribution >= 0.6 is 0 Å². The molecule has 0 fully saturated rings. The van der Waals surface area contributed by atoms with Crippen LogP contribution in [0.25, 0.3) is 22.2 Å². The third-order valence-corrected chi connectivity index (χ3v) is 8.00. The molecule has 1 aromatic heterocycles. The summed E-state index contributed by atoms with van der Waals surface area (Å²) in [6, 6.07) is 19.1. The lowest BCUT2D eigenvalue weighted by molar-refractivity contribution is -0.165. The van der Waals surface area contributed by atoms with Gasteiger partial charge in [0.15, 0.2) is 0 Å². The van der Waals surface area contributed by atoms with E-state index in [1.165, 1.54) is 16.6 Å². The van der Waals surface area contributed by atoms with Gasteiger partial charge in [0.2, 0.25) is 0 Å². The van der Waals surface area contributed by atoms with Gasteiger partial charge in [-0.25, -0.2) is 0 Å². The zero-order valence-electron chi connectivity index (χ0n) is 26.2. The molecule has 40 heavy (non-hydrogen) atoms. The summed E-state index contributed by atoms with van der Waals surface area (Å²) in [7, 11) is 0. The Kier molecular flexibility index (Phi) is 10.2. The van der Waals surface area contributed by atoms with E-state index in [0.29, 0.717) is 19.4 Å². The predicted molar refractivity (Wildman–Crippen MR) is 166 cm³/mol. The Morgan fingerprint density at radius 3 is 2.20 bits per heavy atom. The molecular formula is C35H51NO4. The molecule has 0 amide bonds. The number of nitrogens with zero attached hydrogens (tertiary/aromatic N) is 1. The summed E-state index contributed by atoms with van der Waals surface area (Å²) in [5.74, 6) is 0.621. The summed E-state index contributed by atoms with van der Waals surface area (Å²) in [5, 5.41) is 11.7. The second kappa shape index (κ2) is 12.8. The summed E-state index contributed by atoms with van der Waals surface area (Å²) in [6.07, 6.45) is 2.26. The van der Waals surface area contributed by atoms with E-state index >= 15 is 0 Å². The van der Waals surface area contributed by atoms with Gasteiger partial charge in [-0.1, -0.05) is 71.9 Å². The van der Waals surface area contributed by atoms with E-state index in [1.54, 1.807) is 0 Å². The first-order chi connectivity index (χ1) is 18.6. The average Bonchev–Trinajstić information content (AvgIpc) is 3.25. The lowest BCUT2D eigenvalue weighted by Crippen LogP contribution is -2.44. The Bertz CT molecular complexity index is 1250. The van der Waals surface area contributed by atoms with Crippen LogP contribution in [0.2, 0.25) is 0 Å². The minimum absolute atomic E-state index is 0.0256. The maximum absolute atomic E-state index is 13.1. The van der Waals surface area contributed by atoms with E-state index in [1.807, 2.05) is 19.1 Å². The van der Waals surface area contributed by atoms with Crippen molar-refractivity contribution in [2.24, 2.45) is 16.2 Å². The number of esters is 1. The third kappa shape index (κ3) is 7.90. The SMILES string of the molecule is CC(C)n1c(-c2ccccc2)cc2ccc(OCC(O)CCCCOC(=O)C(C)(CC(C)(C)C)C(C)(C)C)cc21. The number of unbranched alkanes of at least 4 members (excludes halogenated alkanes) is 1. The second-order valence-corrected chi connectivity index (χ2v) is 14.0. The maximum atomic E-state index is 13.1. The van der Waals surface area contributed by atoms with E-state index in [4.69, 9.17) is 9.47 Å². The van der Waals surface area contributed by atoms with Gasteiger partial charge in [0, 0.05) is 23.2 Å². The van der Waals surface area contributed by atoms with Crippen molar-refractivity contribution in [1.82, 2.24) is 4.57 Å². The van der Waals surface area contributed by atoms with E-state index in [0.717, 1.165) is 24.1 Å². The Morgan fingerprint density at radius 1 is 0.925 bits per heavy atom. The molecule has 220 valence electrons. The molecule has 0 aliphatic carbocycles. The summed E-state index contributed by atoms with van der Waals surface area (Å²) in [6.45, 7) is 19.8. The molecule has 2 unspecified atom stereocenters. The molecule has 1 heterocycles. The molecule has 3 aromatic rings. The number of fused-ring (bicyclic) bond motifs is 1. The quantitative estimate of drug-likeness (QED) is 0.181. The molecular weight excluding hydrogens is 498 g/mol.